The molecule has 0 radical (unpaired) electrons. The van der Waals surface area contributed by atoms with Crippen LogP contribution < -0.4 is 0 Å². The average molecular weight is 272 g/mol. The van der Waals surface area contributed by atoms with Gasteiger partial charge < -0.3 is 0 Å². The van der Waals surface area contributed by atoms with Crippen molar-refractivity contribution in [3.63, 3.8) is 0 Å². The van der Waals surface area contributed by atoms with E-state index >= 15 is 0 Å². The van der Waals surface area contributed by atoms with Crippen LogP contribution in [0.5, 0.6) is 0 Å². The Hall–Kier alpha value is -1.32. The van der Waals surface area contributed by atoms with Gasteiger partial charge in [-0.1, -0.05) is 38.8 Å². The van der Waals surface area contributed by atoms with Crippen molar-refractivity contribution >= 4 is 5.78 Å². The van der Waals surface area contributed by atoms with Crippen molar-refractivity contribution in [2.45, 2.75) is 45.7 Å². The number of rotatable bonds is 6. The number of carbonyl (C=O) groups is 1. The van der Waals surface area contributed by atoms with E-state index in [9.17, 15) is 18.0 Å². The molecule has 1 unspecified atom stereocenters. The molecule has 4 heteroatoms. The summed E-state index contributed by atoms with van der Waals surface area (Å²) in [4.78, 5) is 12.2. The third kappa shape index (κ3) is 4.37. The molecule has 0 aromatic heterocycles. The van der Waals surface area contributed by atoms with Crippen LogP contribution in [0, 0.1) is 5.92 Å². The predicted octanol–water partition coefficient (Wildman–Crippen LogP) is 5.10. The van der Waals surface area contributed by atoms with Crippen LogP contribution in [0.4, 0.5) is 13.2 Å². The molecule has 0 fully saturated rings. The third-order valence-corrected chi connectivity index (χ3v) is 3.27. The van der Waals surface area contributed by atoms with Gasteiger partial charge in [-0.25, -0.2) is 0 Å². The zero-order valence-electron chi connectivity index (χ0n) is 11.3. The second-order valence-corrected chi connectivity index (χ2v) is 4.69. The molecule has 0 heterocycles. The minimum Gasteiger partial charge on any atom is -0.294 e. The van der Waals surface area contributed by atoms with Crippen LogP contribution in [-0.4, -0.2) is 5.78 Å². The smallest absolute Gasteiger partial charge is 0.294 e. The molecule has 0 aliphatic rings. The van der Waals surface area contributed by atoms with Crippen LogP contribution in [0.25, 0.3) is 0 Å². The number of carbonyl (C=O) groups excluding carboxylic acids is 1. The standard InChI is InChI=1S/C15H19F3O/c1-3-5-6-11(4-2)14(19)12-7-9-13(10-8-12)15(16,17)18/h7-11H,3-6H2,1-2H3. The van der Waals surface area contributed by atoms with Crippen LogP contribution in [0.2, 0.25) is 0 Å². The summed E-state index contributed by atoms with van der Waals surface area (Å²) in [5, 5.41) is 0. The van der Waals surface area contributed by atoms with E-state index in [-0.39, 0.29) is 11.7 Å². The number of ketones is 1. The maximum atomic E-state index is 12.4. The van der Waals surface area contributed by atoms with Gasteiger partial charge in [0, 0.05) is 11.5 Å². The van der Waals surface area contributed by atoms with E-state index in [1.165, 1.54) is 12.1 Å². The van der Waals surface area contributed by atoms with Gasteiger partial charge in [0.15, 0.2) is 5.78 Å². The Labute approximate surface area is 111 Å². The molecule has 1 aromatic carbocycles. The highest BCUT2D eigenvalue weighted by molar-refractivity contribution is 5.97. The van der Waals surface area contributed by atoms with E-state index in [2.05, 4.69) is 6.92 Å². The summed E-state index contributed by atoms with van der Waals surface area (Å²) < 4.78 is 37.3. The highest BCUT2D eigenvalue weighted by Crippen LogP contribution is 2.29. The van der Waals surface area contributed by atoms with E-state index in [1.807, 2.05) is 6.92 Å². The highest BCUT2D eigenvalue weighted by atomic mass is 19.4. The maximum Gasteiger partial charge on any atom is 0.416 e. The Kier molecular flexibility index (Phi) is 5.58. The van der Waals surface area contributed by atoms with Gasteiger partial charge in [-0.15, -0.1) is 0 Å². The number of unbranched alkanes of at least 4 members (excludes halogenated alkanes) is 1. The Balaban J connectivity index is 2.82. The molecule has 0 bridgehead atoms. The maximum absolute atomic E-state index is 12.4. The lowest BCUT2D eigenvalue weighted by Gasteiger charge is -2.14. The zero-order valence-corrected chi connectivity index (χ0v) is 11.3. The molecule has 1 aromatic rings. The fraction of sp³-hybridized carbons (Fsp3) is 0.533. The molecule has 0 amide bonds. The summed E-state index contributed by atoms with van der Waals surface area (Å²) in [6.07, 6.45) is -0.859. The lowest BCUT2D eigenvalue weighted by molar-refractivity contribution is -0.137. The first-order valence-corrected chi connectivity index (χ1v) is 6.61. The van der Waals surface area contributed by atoms with Crippen LogP contribution >= 0.6 is 0 Å². The SMILES string of the molecule is CCCCC(CC)C(=O)c1ccc(C(F)(F)F)cc1. The molecule has 0 spiro atoms. The van der Waals surface area contributed by atoms with Gasteiger partial charge in [-0.3, -0.25) is 4.79 Å². The number of alkyl halides is 3. The first-order valence-electron chi connectivity index (χ1n) is 6.61. The minimum absolute atomic E-state index is 0.0512. The van der Waals surface area contributed by atoms with Crippen molar-refractivity contribution in [1.29, 1.82) is 0 Å². The summed E-state index contributed by atoms with van der Waals surface area (Å²) in [7, 11) is 0. The molecule has 1 nitrogen and oxygen atoms in total. The average Bonchev–Trinajstić information content (AvgIpc) is 2.38. The summed E-state index contributed by atoms with van der Waals surface area (Å²) in [5.74, 6) is -0.138. The highest BCUT2D eigenvalue weighted by Gasteiger charge is 2.30. The quantitative estimate of drug-likeness (QED) is 0.658. The summed E-state index contributed by atoms with van der Waals surface area (Å²) in [6.45, 7) is 3.98. The molecular weight excluding hydrogens is 253 g/mol. The zero-order chi connectivity index (χ0) is 14.5. The molecule has 0 N–H and O–H groups in total. The van der Waals surface area contributed by atoms with Gasteiger partial charge in [0.2, 0.25) is 0 Å². The Morgan fingerprint density at radius 3 is 2.16 bits per heavy atom. The lowest BCUT2D eigenvalue weighted by Crippen LogP contribution is -2.14. The fourth-order valence-electron chi connectivity index (χ4n) is 2.03. The van der Waals surface area contributed by atoms with Crippen molar-refractivity contribution in [2.75, 3.05) is 0 Å². The Morgan fingerprint density at radius 2 is 1.74 bits per heavy atom. The van der Waals surface area contributed by atoms with Crippen LogP contribution in [-0.2, 0) is 6.18 Å². The van der Waals surface area contributed by atoms with Gasteiger partial charge in [-0.05, 0) is 25.0 Å². The molecule has 106 valence electrons. The van der Waals surface area contributed by atoms with Crippen LogP contribution in [0.15, 0.2) is 24.3 Å². The van der Waals surface area contributed by atoms with E-state index in [4.69, 9.17) is 0 Å². The van der Waals surface area contributed by atoms with E-state index in [0.29, 0.717) is 5.56 Å². The predicted molar refractivity (Wildman–Crippen MR) is 69.1 cm³/mol. The van der Waals surface area contributed by atoms with E-state index < -0.39 is 11.7 Å². The van der Waals surface area contributed by atoms with Crippen molar-refractivity contribution in [3.8, 4) is 0 Å². The monoisotopic (exact) mass is 272 g/mol. The molecular formula is C15H19F3O. The molecule has 0 saturated carbocycles. The number of benzene rings is 1. The number of hydrogen-bond acceptors (Lipinski definition) is 1. The molecule has 19 heavy (non-hydrogen) atoms. The normalized spacial score (nSPS) is 13.3. The van der Waals surface area contributed by atoms with Crippen molar-refractivity contribution < 1.29 is 18.0 Å². The van der Waals surface area contributed by atoms with Gasteiger partial charge in [-0.2, -0.15) is 13.2 Å². The Morgan fingerprint density at radius 1 is 1.16 bits per heavy atom. The van der Waals surface area contributed by atoms with Crippen LogP contribution in [0.3, 0.4) is 0 Å². The molecule has 0 aliphatic heterocycles. The first kappa shape index (κ1) is 15.7. The first-order chi connectivity index (χ1) is 8.90. The van der Waals surface area contributed by atoms with Crippen molar-refractivity contribution in [2.24, 2.45) is 5.92 Å². The molecule has 0 aliphatic carbocycles. The number of hydrogen-bond donors (Lipinski definition) is 0. The molecule has 0 saturated heterocycles. The molecule has 1 atom stereocenters. The van der Waals surface area contributed by atoms with Crippen molar-refractivity contribution in [1.82, 2.24) is 0 Å². The largest absolute Gasteiger partial charge is 0.416 e. The molecule has 1 rings (SSSR count). The third-order valence-electron chi connectivity index (χ3n) is 3.27. The van der Waals surface area contributed by atoms with Gasteiger partial charge in [0.1, 0.15) is 0 Å². The second-order valence-electron chi connectivity index (χ2n) is 4.69. The number of halogens is 3. The van der Waals surface area contributed by atoms with Gasteiger partial charge >= 0.3 is 6.18 Å². The van der Waals surface area contributed by atoms with Gasteiger partial charge in [0.05, 0.1) is 5.56 Å². The topological polar surface area (TPSA) is 17.1 Å². The Bertz CT molecular complexity index is 406. The second kappa shape index (κ2) is 6.73. The van der Waals surface area contributed by atoms with E-state index in [1.54, 1.807) is 0 Å². The van der Waals surface area contributed by atoms with Crippen molar-refractivity contribution in [3.05, 3.63) is 35.4 Å². The minimum atomic E-state index is -4.35. The van der Waals surface area contributed by atoms with E-state index in [0.717, 1.165) is 37.8 Å². The van der Waals surface area contributed by atoms with Gasteiger partial charge in [0.25, 0.3) is 0 Å². The summed E-state index contributed by atoms with van der Waals surface area (Å²) >= 11 is 0. The number of Topliss-reactive ketones (excluding diaryl/α,β-unsaturated/α-hetero) is 1. The summed E-state index contributed by atoms with van der Waals surface area (Å²) in [6, 6.07) is 4.50. The summed E-state index contributed by atoms with van der Waals surface area (Å²) in [5.41, 5.74) is -0.346. The lowest BCUT2D eigenvalue weighted by atomic mass is 9.90. The van der Waals surface area contributed by atoms with Crippen LogP contribution in [0.1, 0.15) is 55.5 Å². The fourth-order valence-corrected chi connectivity index (χ4v) is 2.03.